The Morgan fingerprint density at radius 2 is 1.77 bits per heavy atom. The van der Waals surface area contributed by atoms with Gasteiger partial charge >= 0.3 is 10.1 Å². The van der Waals surface area contributed by atoms with Crippen molar-refractivity contribution in [1.29, 1.82) is 0 Å². The van der Waals surface area contributed by atoms with E-state index < -0.39 is 39.4 Å². The molecule has 1 aliphatic heterocycles. The molecule has 1 unspecified atom stereocenters. The van der Waals surface area contributed by atoms with Crippen molar-refractivity contribution in [3.8, 4) is 0 Å². The van der Waals surface area contributed by atoms with Crippen LogP contribution in [0.2, 0.25) is 10.0 Å². The Labute approximate surface area is 160 Å². The number of carbonyl (C=O) groups is 1. The number of Topliss-reactive ketones (excluding diaryl/α,β-unsaturated/α-hetero) is 1. The molecule has 0 amide bonds. The molecule has 2 aromatic carbocycles. The van der Waals surface area contributed by atoms with E-state index in [9.17, 15) is 13.2 Å². The van der Waals surface area contributed by atoms with Gasteiger partial charge < -0.3 is 14.7 Å². The summed E-state index contributed by atoms with van der Waals surface area (Å²) in [5.41, 5.74) is 6.43. The number of ketones is 1. The van der Waals surface area contributed by atoms with Gasteiger partial charge in [-0.05, 0) is 11.6 Å². The van der Waals surface area contributed by atoms with Crippen LogP contribution in [0, 0.1) is 0 Å². The predicted molar refractivity (Wildman–Crippen MR) is 96.7 cm³/mol. The summed E-state index contributed by atoms with van der Waals surface area (Å²) in [4.78, 5) is 12.6. The van der Waals surface area contributed by atoms with E-state index in [4.69, 9.17) is 37.9 Å². The molecule has 2 N–H and O–H groups in total. The van der Waals surface area contributed by atoms with Crippen molar-refractivity contribution in [3.63, 3.8) is 0 Å². The topological polar surface area (TPSA) is 95.7 Å². The molecule has 0 aliphatic carbocycles. The van der Waals surface area contributed by atoms with Gasteiger partial charge in [0.1, 0.15) is 5.75 Å². The van der Waals surface area contributed by atoms with Crippen LogP contribution in [0.1, 0.15) is 17.2 Å². The molecule has 26 heavy (non-hydrogen) atoms. The average Bonchev–Trinajstić information content (AvgIpc) is 2.85. The van der Waals surface area contributed by atoms with E-state index in [-0.39, 0.29) is 15.6 Å². The zero-order valence-corrected chi connectivity index (χ0v) is 15.5. The van der Waals surface area contributed by atoms with Crippen molar-refractivity contribution in [3.05, 3.63) is 81.3 Å². The molecule has 0 radical (unpaired) electrons. The Balaban J connectivity index is 1.82. The highest BCUT2D eigenvalue weighted by molar-refractivity contribution is 7.86. The predicted octanol–water partition coefficient (Wildman–Crippen LogP) is 3.31. The first kappa shape index (κ1) is 18.6. The second-order valence-electron chi connectivity index (χ2n) is 5.47. The number of halogens is 2. The highest BCUT2D eigenvalue weighted by Gasteiger charge is 2.40. The smallest absolute Gasteiger partial charge is 0.313 e. The molecule has 1 atom stereocenters. The largest absolute Gasteiger partial charge is 0.460 e. The molecule has 0 bridgehead atoms. The lowest BCUT2D eigenvalue weighted by Gasteiger charge is -2.12. The summed E-state index contributed by atoms with van der Waals surface area (Å²) in [6.07, 6.45) is -1.22. The number of benzene rings is 2. The summed E-state index contributed by atoms with van der Waals surface area (Å²) >= 11 is 12.0. The van der Waals surface area contributed by atoms with Crippen LogP contribution in [0.15, 0.2) is 60.2 Å². The Morgan fingerprint density at radius 3 is 2.46 bits per heavy atom. The lowest BCUT2D eigenvalue weighted by atomic mass is 10.1. The van der Waals surface area contributed by atoms with E-state index in [1.165, 1.54) is 6.07 Å². The second kappa shape index (κ2) is 7.19. The first-order chi connectivity index (χ1) is 12.3. The molecule has 1 aliphatic rings. The standard InChI is InChI=1S/C17H13Cl2NO5S/c18-12-8-4-7-11(13(12)19)15-14(21)16(17(20)24-15)25-26(22,23)9-10-5-2-1-3-6-10/h1-8,15H,9,20H2. The van der Waals surface area contributed by atoms with Gasteiger partial charge in [-0.25, -0.2) is 0 Å². The molecule has 0 aromatic heterocycles. The van der Waals surface area contributed by atoms with Crippen molar-refractivity contribution in [2.24, 2.45) is 5.73 Å². The third kappa shape index (κ3) is 3.80. The van der Waals surface area contributed by atoms with Crippen LogP contribution in [-0.4, -0.2) is 14.2 Å². The van der Waals surface area contributed by atoms with Crippen LogP contribution in [0.3, 0.4) is 0 Å². The first-order valence-electron chi connectivity index (χ1n) is 7.39. The summed E-state index contributed by atoms with van der Waals surface area (Å²) in [5.74, 6) is -2.15. The minimum absolute atomic E-state index is 0.119. The summed E-state index contributed by atoms with van der Waals surface area (Å²) in [6.45, 7) is 0. The van der Waals surface area contributed by atoms with Crippen molar-refractivity contribution in [2.45, 2.75) is 11.9 Å². The van der Waals surface area contributed by atoms with Gasteiger partial charge in [0.05, 0.1) is 10.0 Å². The molecule has 0 spiro atoms. The molecule has 1 heterocycles. The van der Waals surface area contributed by atoms with E-state index in [0.29, 0.717) is 5.56 Å². The van der Waals surface area contributed by atoms with Crippen molar-refractivity contribution in [2.75, 3.05) is 0 Å². The van der Waals surface area contributed by atoms with Gasteiger partial charge in [-0.15, -0.1) is 0 Å². The van der Waals surface area contributed by atoms with Crippen LogP contribution in [0.5, 0.6) is 0 Å². The number of hydrogen-bond acceptors (Lipinski definition) is 6. The minimum Gasteiger partial charge on any atom is -0.460 e. The fourth-order valence-electron chi connectivity index (χ4n) is 2.42. The molecule has 6 nitrogen and oxygen atoms in total. The molecule has 0 fully saturated rings. The number of nitrogens with two attached hydrogens (primary N) is 1. The average molecular weight is 414 g/mol. The fourth-order valence-corrected chi connectivity index (χ4v) is 3.90. The Kier molecular flexibility index (Phi) is 5.13. The van der Waals surface area contributed by atoms with Gasteiger partial charge in [-0.2, -0.15) is 8.42 Å². The summed E-state index contributed by atoms with van der Waals surface area (Å²) < 4.78 is 34.7. The van der Waals surface area contributed by atoms with E-state index in [1.54, 1.807) is 42.5 Å². The molecular weight excluding hydrogens is 401 g/mol. The Hall–Kier alpha value is -2.22. The zero-order chi connectivity index (χ0) is 18.9. The quantitative estimate of drug-likeness (QED) is 0.755. The highest BCUT2D eigenvalue weighted by atomic mass is 35.5. The lowest BCUT2D eigenvalue weighted by Crippen LogP contribution is -2.16. The van der Waals surface area contributed by atoms with Gasteiger partial charge in [0, 0.05) is 5.56 Å². The lowest BCUT2D eigenvalue weighted by molar-refractivity contribution is -0.123. The van der Waals surface area contributed by atoms with Gasteiger partial charge in [-0.3, -0.25) is 4.79 Å². The van der Waals surface area contributed by atoms with E-state index in [0.717, 1.165) is 0 Å². The minimum atomic E-state index is -4.11. The molecule has 0 saturated heterocycles. The maximum absolute atomic E-state index is 12.6. The molecule has 136 valence electrons. The van der Waals surface area contributed by atoms with Crippen LogP contribution in [0.25, 0.3) is 0 Å². The number of ether oxygens (including phenoxy) is 1. The van der Waals surface area contributed by atoms with Crippen LogP contribution in [0.4, 0.5) is 0 Å². The fraction of sp³-hybridized carbons (Fsp3) is 0.118. The van der Waals surface area contributed by atoms with Gasteiger partial charge in [0.25, 0.3) is 0 Å². The van der Waals surface area contributed by atoms with E-state index in [1.807, 2.05) is 0 Å². The van der Waals surface area contributed by atoms with Crippen molar-refractivity contribution in [1.82, 2.24) is 0 Å². The Morgan fingerprint density at radius 1 is 1.08 bits per heavy atom. The van der Waals surface area contributed by atoms with Crippen LogP contribution >= 0.6 is 23.2 Å². The van der Waals surface area contributed by atoms with Crippen molar-refractivity contribution < 1.29 is 22.1 Å². The number of hydrogen-bond donors (Lipinski definition) is 1. The molecule has 0 saturated carbocycles. The van der Waals surface area contributed by atoms with E-state index in [2.05, 4.69) is 0 Å². The first-order valence-corrected chi connectivity index (χ1v) is 9.72. The highest BCUT2D eigenvalue weighted by Crippen LogP contribution is 2.38. The van der Waals surface area contributed by atoms with Crippen molar-refractivity contribution >= 4 is 39.1 Å². The summed E-state index contributed by atoms with van der Waals surface area (Å²) in [5, 5.41) is 0.346. The third-order valence-electron chi connectivity index (χ3n) is 3.59. The molecule has 3 rings (SSSR count). The zero-order valence-electron chi connectivity index (χ0n) is 13.2. The van der Waals surface area contributed by atoms with Crippen LogP contribution in [-0.2, 0) is 29.6 Å². The second-order valence-corrected chi connectivity index (χ2v) is 7.83. The maximum Gasteiger partial charge on any atom is 0.313 e. The summed E-state index contributed by atoms with van der Waals surface area (Å²) in [6, 6.07) is 13.1. The SMILES string of the molecule is NC1=C(OS(=O)(=O)Cc2ccccc2)C(=O)C(c2cccc(Cl)c2Cl)O1. The normalized spacial score (nSPS) is 17.3. The number of carbonyl (C=O) groups excluding carboxylic acids is 1. The van der Waals surface area contributed by atoms with Gasteiger partial charge in [0.2, 0.25) is 17.4 Å². The summed E-state index contributed by atoms with van der Waals surface area (Å²) in [7, 11) is -4.11. The Bertz CT molecular complexity index is 989. The molecular formula is C17H13Cl2NO5S. The van der Waals surface area contributed by atoms with Gasteiger partial charge in [-0.1, -0.05) is 65.7 Å². The monoisotopic (exact) mass is 413 g/mol. The molecule has 9 heteroatoms. The third-order valence-corrected chi connectivity index (χ3v) is 5.53. The number of rotatable bonds is 5. The van der Waals surface area contributed by atoms with Gasteiger partial charge in [0.15, 0.2) is 6.10 Å². The molecule has 2 aromatic rings. The maximum atomic E-state index is 12.6. The van der Waals surface area contributed by atoms with Crippen LogP contribution < -0.4 is 5.73 Å². The van der Waals surface area contributed by atoms with E-state index >= 15 is 0 Å².